The molecule has 0 aliphatic heterocycles. The van der Waals surface area contributed by atoms with E-state index >= 15 is 0 Å². The van der Waals surface area contributed by atoms with E-state index in [4.69, 9.17) is 14.2 Å². The van der Waals surface area contributed by atoms with Crippen LogP contribution in [0.5, 0.6) is 11.5 Å². The molecule has 0 atom stereocenters. The van der Waals surface area contributed by atoms with Gasteiger partial charge in [-0.25, -0.2) is 0 Å². The summed E-state index contributed by atoms with van der Waals surface area (Å²) in [6.07, 6.45) is 2.01. The number of rotatable bonds is 10. The molecule has 1 aromatic carbocycles. The maximum Gasteiger partial charge on any atom is 0.191 e. The zero-order chi connectivity index (χ0) is 17.4. The molecule has 2 aromatic rings. The van der Waals surface area contributed by atoms with Gasteiger partial charge in [-0.2, -0.15) is 0 Å². The highest BCUT2D eigenvalue weighted by Crippen LogP contribution is 2.33. The fourth-order valence-electron chi connectivity index (χ4n) is 2.35. The Labute approximate surface area is 147 Å². The third-order valence-electron chi connectivity index (χ3n) is 3.52. The number of thioether (sulfide) groups is 1. The first-order valence-corrected chi connectivity index (χ1v) is 9.01. The molecule has 0 fully saturated rings. The van der Waals surface area contributed by atoms with Gasteiger partial charge in [-0.1, -0.05) is 18.7 Å². The SMILES string of the molecule is CCCSc1nnc(-c2ccc(OC)c(OC)c2)n1CCCOC. The Morgan fingerprint density at radius 3 is 2.54 bits per heavy atom. The molecule has 24 heavy (non-hydrogen) atoms. The molecule has 0 aliphatic carbocycles. The zero-order valence-electron chi connectivity index (χ0n) is 14.7. The molecule has 7 heteroatoms. The van der Waals surface area contributed by atoms with Crippen LogP contribution >= 0.6 is 11.8 Å². The Morgan fingerprint density at radius 1 is 1.08 bits per heavy atom. The van der Waals surface area contributed by atoms with Gasteiger partial charge in [0.2, 0.25) is 0 Å². The van der Waals surface area contributed by atoms with E-state index < -0.39 is 0 Å². The number of hydrogen-bond acceptors (Lipinski definition) is 6. The summed E-state index contributed by atoms with van der Waals surface area (Å²) in [4.78, 5) is 0. The molecule has 0 aliphatic rings. The molecule has 1 heterocycles. The highest BCUT2D eigenvalue weighted by Gasteiger charge is 2.16. The smallest absolute Gasteiger partial charge is 0.191 e. The van der Waals surface area contributed by atoms with Gasteiger partial charge in [0.15, 0.2) is 22.5 Å². The predicted octanol–water partition coefficient (Wildman–Crippen LogP) is 3.50. The average molecular weight is 351 g/mol. The average Bonchev–Trinajstić information content (AvgIpc) is 3.02. The van der Waals surface area contributed by atoms with Crippen LogP contribution in [-0.4, -0.2) is 48.5 Å². The van der Waals surface area contributed by atoms with Crippen LogP contribution in [-0.2, 0) is 11.3 Å². The summed E-state index contributed by atoms with van der Waals surface area (Å²) < 4.78 is 18.0. The molecule has 0 saturated heterocycles. The molecule has 1 aromatic heterocycles. The van der Waals surface area contributed by atoms with Gasteiger partial charge in [0.1, 0.15) is 0 Å². The van der Waals surface area contributed by atoms with Crippen LogP contribution in [0.3, 0.4) is 0 Å². The van der Waals surface area contributed by atoms with Crippen molar-refractivity contribution in [3.05, 3.63) is 18.2 Å². The molecule has 132 valence electrons. The monoisotopic (exact) mass is 351 g/mol. The van der Waals surface area contributed by atoms with Crippen LogP contribution in [0, 0.1) is 0 Å². The minimum atomic E-state index is 0.684. The first-order chi connectivity index (χ1) is 11.7. The van der Waals surface area contributed by atoms with E-state index in [1.165, 1.54) is 0 Å². The summed E-state index contributed by atoms with van der Waals surface area (Å²) in [7, 11) is 4.98. The normalized spacial score (nSPS) is 10.8. The van der Waals surface area contributed by atoms with Crippen molar-refractivity contribution in [1.29, 1.82) is 0 Å². The van der Waals surface area contributed by atoms with Crippen molar-refractivity contribution in [3.63, 3.8) is 0 Å². The van der Waals surface area contributed by atoms with Crippen molar-refractivity contribution in [2.24, 2.45) is 0 Å². The molecular formula is C17H25N3O3S. The van der Waals surface area contributed by atoms with Crippen LogP contribution in [0.15, 0.2) is 23.4 Å². The van der Waals surface area contributed by atoms with E-state index in [0.717, 1.165) is 41.7 Å². The number of aromatic nitrogens is 3. The summed E-state index contributed by atoms with van der Waals surface area (Å²) in [5.41, 5.74) is 0.959. The van der Waals surface area contributed by atoms with Crippen LogP contribution in [0.25, 0.3) is 11.4 Å². The Hall–Kier alpha value is -1.73. The number of benzene rings is 1. The molecule has 0 amide bonds. The van der Waals surface area contributed by atoms with Gasteiger partial charge in [-0.15, -0.1) is 10.2 Å². The van der Waals surface area contributed by atoms with Crippen molar-refractivity contribution in [1.82, 2.24) is 14.8 Å². The van der Waals surface area contributed by atoms with Gasteiger partial charge in [0.25, 0.3) is 0 Å². The second-order valence-corrected chi connectivity index (χ2v) is 6.28. The largest absolute Gasteiger partial charge is 0.493 e. The van der Waals surface area contributed by atoms with Crippen LogP contribution in [0.4, 0.5) is 0 Å². The third-order valence-corrected chi connectivity index (χ3v) is 4.70. The molecular weight excluding hydrogens is 326 g/mol. The summed E-state index contributed by atoms with van der Waals surface area (Å²) in [5, 5.41) is 9.72. The molecule has 0 saturated carbocycles. The van der Waals surface area contributed by atoms with E-state index in [1.807, 2.05) is 18.2 Å². The summed E-state index contributed by atoms with van der Waals surface area (Å²) in [5.74, 6) is 3.25. The van der Waals surface area contributed by atoms with Crippen LogP contribution in [0.1, 0.15) is 19.8 Å². The van der Waals surface area contributed by atoms with Crippen LogP contribution in [0.2, 0.25) is 0 Å². The van der Waals surface area contributed by atoms with Gasteiger partial charge in [-0.3, -0.25) is 0 Å². The molecule has 0 spiro atoms. The second-order valence-electron chi connectivity index (χ2n) is 5.22. The van der Waals surface area contributed by atoms with Crippen LogP contribution < -0.4 is 9.47 Å². The molecule has 0 bridgehead atoms. The lowest BCUT2D eigenvalue weighted by molar-refractivity contribution is 0.189. The molecule has 2 rings (SSSR count). The highest BCUT2D eigenvalue weighted by molar-refractivity contribution is 7.99. The van der Waals surface area contributed by atoms with E-state index in [9.17, 15) is 0 Å². The number of hydrogen-bond donors (Lipinski definition) is 0. The molecule has 6 nitrogen and oxygen atoms in total. The Morgan fingerprint density at radius 2 is 1.88 bits per heavy atom. The Balaban J connectivity index is 2.35. The first kappa shape index (κ1) is 18.6. The fourth-order valence-corrected chi connectivity index (χ4v) is 3.17. The van der Waals surface area contributed by atoms with Gasteiger partial charge in [0, 0.05) is 31.6 Å². The highest BCUT2D eigenvalue weighted by atomic mass is 32.2. The van der Waals surface area contributed by atoms with Crippen molar-refractivity contribution in [2.45, 2.75) is 31.5 Å². The Kier molecular flexibility index (Phi) is 7.39. The lowest BCUT2D eigenvalue weighted by atomic mass is 10.2. The number of methoxy groups -OCH3 is 3. The molecule has 0 radical (unpaired) electrons. The minimum absolute atomic E-state index is 0.684. The van der Waals surface area contributed by atoms with Gasteiger partial charge >= 0.3 is 0 Å². The van der Waals surface area contributed by atoms with Gasteiger partial charge in [0.05, 0.1) is 14.2 Å². The fraction of sp³-hybridized carbons (Fsp3) is 0.529. The maximum atomic E-state index is 5.40. The number of nitrogens with zero attached hydrogens (tertiary/aromatic N) is 3. The van der Waals surface area contributed by atoms with Gasteiger partial charge < -0.3 is 18.8 Å². The van der Waals surface area contributed by atoms with Crippen molar-refractivity contribution >= 4 is 11.8 Å². The topological polar surface area (TPSA) is 58.4 Å². The van der Waals surface area contributed by atoms with Gasteiger partial charge in [-0.05, 0) is 31.0 Å². The lowest BCUT2D eigenvalue weighted by Gasteiger charge is -2.12. The first-order valence-electron chi connectivity index (χ1n) is 8.02. The quantitative estimate of drug-likeness (QED) is 0.482. The second kappa shape index (κ2) is 9.54. The van der Waals surface area contributed by atoms with E-state index in [-0.39, 0.29) is 0 Å². The summed E-state index contributed by atoms with van der Waals surface area (Å²) >= 11 is 1.73. The summed E-state index contributed by atoms with van der Waals surface area (Å²) in [6, 6.07) is 5.80. The minimum Gasteiger partial charge on any atom is -0.493 e. The Bertz CT molecular complexity index is 646. The predicted molar refractivity (Wildman–Crippen MR) is 96.1 cm³/mol. The van der Waals surface area contributed by atoms with E-state index in [1.54, 1.807) is 33.1 Å². The standard InChI is InChI=1S/C17H25N3O3S/c1-5-11-24-17-19-18-16(20(17)9-6-10-21-2)13-7-8-14(22-3)15(12-13)23-4/h7-8,12H,5-6,9-11H2,1-4H3. The zero-order valence-corrected chi connectivity index (χ0v) is 15.6. The van der Waals surface area contributed by atoms with Crippen molar-refractivity contribution in [2.75, 3.05) is 33.7 Å². The lowest BCUT2D eigenvalue weighted by Crippen LogP contribution is -2.05. The van der Waals surface area contributed by atoms with E-state index in [2.05, 4.69) is 21.7 Å². The maximum absolute atomic E-state index is 5.40. The molecule has 0 N–H and O–H groups in total. The third kappa shape index (κ3) is 4.42. The van der Waals surface area contributed by atoms with Crippen molar-refractivity contribution in [3.8, 4) is 22.9 Å². The summed E-state index contributed by atoms with van der Waals surface area (Å²) in [6.45, 7) is 3.69. The van der Waals surface area contributed by atoms with Crippen molar-refractivity contribution < 1.29 is 14.2 Å². The van der Waals surface area contributed by atoms with E-state index in [0.29, 0.717) is 18.1 Å². The number of ether oxygens (including phenoxy) is 3. The molecule has 0 unspecified atom stereocenters.